The Labute approximate surface area is 154 Å². The van der Waals surface area contributed by atoms with Crippen molar-refractivity contribution >= 4 is 5.97 Å². The van der Waals surface area contributed by atoms with E-state index in [1.165, 1.54) is 13.8 Å². The molecule has 0 fully saturated rings. The van der Waals surface area contributed by atoms with Crippen LogP contribution in [0, 0.1) is 20.2 Å². The molecule has 0 aliphatic rings. The van der Waals surface area contributed by atoms with Crippen molar-refractivity contribution in [3.8, 4) is 0 Å². The summed E-state index contributed by atoms with van der Waals surface area (Å²) >= 11 is 0. The molecule has 0 bridgehead atoms. The molecular formula is C16H34N4O6. The van der Waals surface area contributed by atoms with Crippen molar-refractivity contribution in [2.45, 2.75) is 96.3 Å². The molecule has 2 unspecified atom stereocenters. The highest BCUT2D eigenvalue weighted by Gasteiger charge is 2.30. The Balaban J connectivity index is 0. The van der Waals surface area contributed by atoms with Crippen molar-refractivity contribution in [1.29, 1.82) is 0 Å². The van der Waals surface area contributed by atoms with Gasteiger partial charge in [0, 0.05) is 56.4 Å². The normalized spacial score (nSPS) is 14.0. The van der Waals surface area contributed by atoms with Gasteiger partial charge in [-0.05, 0) is 32.6 Å². The largest absolute Gasteiger partial charge is 0.480 e. The van der Waals surface area contributed by atoms with Crippen LogP contribution in [0.5, 0.6) is 0 Å². The minimum atomic E-state index is -1.07. The molecule has 0 saturated heterocycles. The molecule has 0 saturated carbocycles. The summed E-state index contributed by atoms with van der Waals surface area (Å²) < 4.78 is 0. The van der Waals surface area contributed by atoms with Crippen LogP contribution < -0.4 is 11.5 Å². The van der Waals surface area contributed by atoms with Gasteiger partial charge in [-0.2, -0.15) is 0 Å². The van der Waals surface area contributed by atoms with E-state index in [1.54, 1.807) is 13.8 Å². The molecule has 10 heteroatoms. The third-order valence-corrected chi connectivity index (χ3v) is 4.06. The highest BCUT2D eigenvalue weighted by molar-refractivity contribution is 5.72. The lowest BCUT2D eigenvalue weighted by Gasteiger charge is -2.15. The molecule has 0 heterocycles. The summed E-state index contributed by atoms with van der Waals surface area (Å²) in [5.41, 5.74) is 8.98. The summed E-state index contributed by atoms with van der Waals surface area (Å²) in [6.07, 6.45) is 3.33. The van der Waals surface area contributed by atoms with Crippen molar-refractivity contribution in [2.75, 3.05) is 0 Å². The number of hydrogen-bond acceptors (Lipinski definition) is 7. The number of nitro groups is 2. The van der Waals surface area contributed by atoms with Crippen LogP contribution in [-0.4, -0.2) is 44.1 Å². The zero-order valence-electron chi connectivity index (χ0n) is 16.4. The molecule has 0 aromatic heterocycles. The zero-order valence-corrected chi connectivity index (χ0v) is 16.4. The Morgan fingerprint density at radius 3 is 1.58 bits per heavy atom. The van der Waals surface area contributed by atoms with Crippen LogP contribution in [0.4, 0.5) is 0 Å². The molecule has 0 amide bonds. The first-order valence-corrected chi connectivity index (χ1v) is 8.66. The SMILES string of the molecule is CC(C)(CCCC(N)C(=O)O)[N+](=O)[O-].CC(N)CCCC(C)(C)[N+](=O)[O-]. The first kappa shape index (κ1) is 26.4. The quantitative estimate of drug-likeness (QED) is 0.362. The Hall–Kier alpha value is -1.81. The number of nitrogens with two attached hydrogens (primary N) is 2. The second kappa shape index (κ2) is 11.7. The van der Waals surface area contributed by atoms with E-state index < -0.39 is 23.1 Å². The number of carbonyl (C=O) groups is 1. The average molecular weight is 378 g/mol. The van der Waals surface area contributed by atoms with Crippen molar-refractivity contribution in [3.05, 3.63) is 20.2 Å². The fourth-order valence-electron chi connectivity index (χ4n) is 1.92. The third kappa shape index (κ3) is 12.5. The fourth-order valence-corrected chi connectivity index (χ4v) is 1.92. The van der Waals surface area contributed by atoms with Gasteiger partial charge in [0.1, 0.15) is 6.04 Å². The Bertz CT molecular complexity index is 466. The number of rotatable bonds is 11. The Kier molecular flexibility index (Phi) is 11.9. The predicted molar refractivity (Wildman–Crippen MR) is 99.1 cm³/mol. The molecule has 0 radical (unpaired) electrons. The number of carboxylic acid groups (broad SMARTS) is 1. The van der Waals surface area contributed by atoms with E-state index in [0.29, 0.717) is 19.3 Å². The van der Waals surface area contributed by atoms with Gasteiger partial charge in [-0.1, -0.05) is 0 Å². The van der Waals surface area contributed by atoms with Crippen molar-refractivity contribution in [2.24, 2.45) is 11.5 Å². The van der Waals surface area contributed by atoms with Gasteiger partial charge in [-0.3, -0.25) is 25.0 Å². The lowest BCUT2D eigenvalue weighted by atomic mass is 9.97. The maximum absolute atomic E-state index is 10.5. The minimum Gasteiger partial charge on any atom is -0.480 e. The molecule has 10 nitrogen and oxygen atoms in total. The van der Waals surface area contributed by atoms with Gasteiger partial charge in [0.15, 0.2) is 0 Å². The average Bonchev–Trinajstić information content (AvgIpc) is 2.46. The molecular weight excluding hydrogens is 344 g/mol. The van der Waals surface area contributed by atoms with Crippen molar-refractivity contribution in [1.82, 2.24) is 0 Å². The van der Waals surface area contributed by atoms with Gasteiger partial charge < -0.3 is 16.6 Å². The number of nitrogens with zero attached hydrogens (tertiary/aromatic N) is 2. The summed E-state index contributed by atoms with van der Waals surface area (Å²) in [6, 6.07) is -0.773. The first-order chi connectivity index (χ1) is 11.6. The van der Waals surface area contributed by atoms with Gasteiger partial charge in [0.25, 0.3) is 0 Å². The van der Waals surface area contributed by atoms with E-state index in [0.717, 1.165) is 12.8 Å². The van der Waals surface area contributed by atoms with Gasteiger partial charge in [0.05, 0.1) is 0 Å². The standard InChI is InChI=1S/C8H16N2O4.C8H18N2O2/c1-8(2,10(13)14)5-3-4-6(9)7(11)12;1-7(9)5-4-6-8(2,3)10(11)12/h6H,3-5,9H2,1-2H3,(H,11,12);7H,4-6,9H2,1-3H3. The molecule has 0 aromatic carbocycles. The van der Waals surface area contributed by atoms with Gasteiger partial charge in [-0.25, -0.2) is 0 Å². The second-order valence-electron chi connectivity index (χ2n) is 7.85. The van der Waals surface area contributed by atoms with E-state index in [4.69, 9.17) is 16.6 Å². The topological polar surface area (TPSA) is 176 Å². The van der Waals surface area contributed by atoms with Crippen LogP contribution in [0.3, 0.4) is 0 Å². The number of aliphatic carboxylic acids is 1. The molecule has 5 N–H and O–H groups in total. The zero-order chi connectivity index (χ0) is 21.1. The lowest BCUT2D eigenvalue weighted by molar-refractivity contribution is -0.561. The van der Waals surface area contributed by atoms with Crippen molar-refractivity contribution < 1.29 is 19.7 Å². The minimum absolute atomic E-state index is 0.146. The molecule has 26 heavy (non-hydrogen) atoms. The first-order valence-electron chi connectivity index (χ1n) is 8.66. The third-order valence-electron chi connectivity index (χ3n) is 4.06. The van der Waals surface area contributed by atoms with Gasteiger partial charge in [0.2, 0.25) is 11.1 Å². The van der Waals surface area contributed by atoms with Crippen LogP contribution >= 0.6 is 0 Å². The highest BCUT2D eigenvalue weighted by Crippen LogP contribution is 2.17. The van der Waals surface area contributed by atoms with Crippen LogP contribution in [0.25, 0.3) is 0 Å². The summed E-state index contributed by atoms with van der Waals surface area (Å²) in [4.78, 5) is 30.7. The van der Waals surface area contributed by atoms with Gasteiger partial charge >= 0.3 is 5.97 Å². The fraction of sp³-hybridized carbons (Fsp3) is 0.938. The van der Waals surface area contributed by atoms with Crippen molar-refractivity contribution in [3.63, 3.8) is 0 Å². The molecule has 0 aromatic rings. The Morgan fingerprint density at radius 1 is 0.962 bits per heavy atom. The smallest absolute Gasteiger partial charge is 0.320 e. The number of carboxylic acids is 1. The molecule has 0 aliphatic heterocycles. The lowest BCUT2D eigenvalue weighted by Crippen LogP contribution is -2.33. The van der Waals surface area contributed by atoms with E-state index in [-0.39, 0.29) is 22.3 Å². The van der Waals surface area contributed by atoms with Crippen LogP contribution in [0.2, 0.25) is 0 Å². The second-order valence-corrected chi connectivity index (χ2v) is 7.85. The van der Waals surface area contributed by atoms with E-state index in [2.05, 4.69) is 0 Å². The van der Waals surface area contributed by atoms with Crippen LogP contribution in [0.15, 0.2) is 0 Å². The van der Waals surface area contributed by atoms with E-state index >= 15 is 0 Å². The maximum atomic E-state index is 10.5. The summed E-state index contributed by atoms with van der Waals surface area (Å²) in [5, 5.41) is 29.4. The highest BCUT2D eigenvalue weighted by atomic mass is 16.6. The molecule has 0 spiro atoms. The van der Waals surface area contributed by atoms with E-state index in [1.807, 2.05) is 6.92 Å². The maximum Gasteiger partial charge on any atom is 0.320 e. The summed E-state index contributed by atoms with van der Waals surface area (Å²) in [5.74, 6) is -1.07. The predicted octanol–water partition coefficient (Wildman–Crippen LogP) is 2.18. The number of hydrogen-bond donors (Lipinski definition) is 3. The summed E-state index contributed by atoms with van der Waals surface area (Å²) in [6.45, 7) is 8.24. The van der Waals surface area contributed by atoms with E-state index in [9.17, 15) is 25.0 Å². The monoisotopic (exact) mass is 378 g/mol. The molecule has 154 valence electrons. The van der Waals surface area contributed by atoms with Gasteiger partial charge in [-0.15, -0.1) is 0 Å². The summed E-state index contributed by atoms with van der Waals surface area (Å²) in [7, 11) is 0. The van der Waals surface area contributed by atoms with Crippen LogP contribution in [0.1, 0.15) is 73.1 Å². The Morgan fingerprint density at radius 2 is 1.31 bits per heavy atom. The molecule has 0 rings (SSSR count). The van der Waals surface area contributed by atoms with Crippen LogP contribution in [-0.2, 0) is 4.79 Å². The molecule has 2 atom stereocenters. The molecule has 0 aliphatic carbocycles.